The number of nitrogens with zero attached hydrogens (tertiary/aromatic N) is 2. The molecule has 25 heavy (non-hydrogen) atoms. The number of ether oxygens (including phenoxy) is 2. The maximum atomic E-state index is 13.2. The lowest BCUT2D eigenvalue weighted by Gasteiger charge is -2.24. The smallest absolute Gasteiger partial charge is 0.348 e. The van der Waals surface area contributed by atoms with Crippen LogP contribution in [-0.4, -0.2) is 29.4 Å². The molecule has 1 fully saturated rings. The third kappa shape index (κ3) is 4.42. The Labute approximate surface area is 147 Å². The van der Waals surface area contributed by atoms with E-state index < -0.39 is 18.0 Å². The number of nitrogens with one attached hydrogen (secondary N) is 1. The van der Waals surface area contributed by atoms with Gasteiger partial charge in [-0.25, -0.2) is 9.97 Å². The van der Waals surface area contributed by atoms with Crippen LogP contribution in [-0.2, 0) is 15.7 Å². The van der Waals surface area contributed by atoms with Crippen LogP contribution in [0.4, 0.5) is 24.7 Å². The van der Waals surface area contributed by atoms with E-state index in [9.17, 15) is 13.2 Å². The highest BCUT2D eigenvalue weighted by Gasteiger charge is 2.35. The molecular formula is C16H16F3N3O2S. The SMILES string of the molecule is CSc1ncc(C(F)(F)F)c(Nc2cccc(C3OCCCO3)c2)n1. The second kappa shape index (κ2) is 7.59. The van der Waals surface area contributed by atoms with Crippen molar-refractivity contribution in [1.29, 1.82) is 0 Å². The highest BCUT2D eigenvalue weighted by atomic mass is 32.2. The molecule has 1 aromatic carbocycles. The number of halogens is 3. The number of hydrogen-bond donors (Lipinski definition) is 1. The van der Waals surface area contributed by atoms with Crippen LogP contribution in [0.1, 0.15) is 23.8 Å². The van der Waals surface area contributed by atoms with Crippen molar-refractivity contribution >= 4 is 23.3 Å². The second-order valence-electron chi connectivity index (χ2n) is 5.29. The Morgan fingerprint density at radius 1 is 1.24 bits per heavy atom. The molecule has 3 rings (SSSR count). The van der Waals surface area contributed by atoms with Crippen molar-refractivity contribution in [3.63, 3.8) is 0 Å². The standard InChI is InChI=1S/C16H16F3N3O2S/c1-25-15-20-9-12(16(17,18)19)13(22-15)21-11-5-2-4-10(8-11)14-23-6-3-7-24-14/h2,4-5,8-9,14H,3,6-7H2,1H3,(H,20,21,22). The zero-order valence-electron chi connectivity index (χ0n) is 13.3. The van der Waals surface area contributed by atoms with Gasteiger partial charge in [0, 0.05) is 17.4 Å². The summed E-state index contributed by atoms with van der Waals surface area (Å²) in [6.45, 7) is 1.17. The molecule has 5 nitrogen and oxygen atoms in total. The molecule has 1 aliphatic heterocycles. The van der Waals surface area contributed by atoms with E-state index in [0.717, 1.165) is 18.2 Å². The van der Waals surface area contributed by atoms with Crippen LogP contribution >= 0.6 is 11.8 Å². The number of rotatable bonds is 4. The molecule has 1 aromatic heterocycles. The number of alkyl halides is 3. The monoisotopic (exact) mass is 371 g/mol. The van der Waals surface area contributed by atoms with Crippen molar-refractivity contribution in [2.24, 2.45) is 0 Å². The molecule has 2 heterocycles. The largest absolute Gasteiger partial charge is 0.421 e. The summed E-state index contributed by atoms with van der Waals surface area (Å²) in [5.74, 6) is -0.283. The van der Waals surface area contributed by atoms with Crippen molar-refractivity contribution in [3.05, 3.63) is 41.6 Å². The van der Waals surface area contributed by atoms with Crippen LogP contribution in [0, 0.1) is 0 Å². The van der Waals surface area contributed by atoms with Crippen LogP contribution in [0.15, 0.2) is 35.6 Å². The fraction of sp³-hybridized carbons (Fsp3) is 0.375. The zero-order chi connectivity index (χ0) is 17.9. The third-order valence-corrected chi connectivity index (χ3v) is 4.07. The number of thioether (sulfide) groups is 1. The Kier molecular flexibility index (Phi) is 5.45. The van der Waals surface area contributed by atoms with Crippen LogP contribution in [0.3, 0.4) is 0 Å². The molecule has 1 aliphatic rings. The summed E-state index contributed by atoms with van der Waals surface area (Å²) < 4.78 is 50.6. The first-order valence-corrected chi connectivity index (χ1v) is 8.78. The van der Waals surface area contributed by atoms with E-state index in [1.807, 2.05) is 0 Å². The van der Waals surface area contributed by atoms with Gasteiger partial charge in [0.2, 0.25) is 0 Å². The van der Waals surface area contributed by atoms with E-state index in [0.29, 0.717) is 18.9 Å². The molecule has 1 saturated heterocycles. The highest BCUT2D eigenvalue weighted by Crippen LogP contribution is 2.35. The summed E-state index contributed by atoms with van der Waals surface area (Å²) in [7, 11) is 0. The van der Waals surface area contributed by atoms with Crippen molar-refractivity contribution in [3.8, 4) is 0 Å². The molecule has 0 saturated carbocycles. The Hall–Kier alpha value is -1.84. The van der Waals surface area contributed by atoms with E-state index in [-0.39, 0.29) is 11.0 Å². The van der Waals surface area contributed by atoms with Gasteiger partial charge in [0.1, 0.15) is 11.4 Å². The predicted molar refractivity (Wildman–Crippen MR) is 87.8 cm³/mol. The molecule has 2 aromatic rings. The summed E-state index contributed by atoms with van der Waals surface area (Å²) >= 11 is 1.17. The first kappa shape index (κ1) is 18.0. The molecule has 0 bridgehead atoms. The lowest BCUT2D eigenvalue weighted by Crippen LogP contribution is -2.17. The van der Waals surface area contributed by atoms with E-state index in [1.165, 1.54) is 11.8 Å². The van der Waals surface area contributed by atoms with Crippen molar-refractivity contribution in [2.75, 3.05) is 24.8 Å². The van der Waals surface area contributed by atoms with Crippen LogP contribution in [0.5, 0.6) is 0 Å². The number of hydrogen-bond acceptors (Lipinski definition) is 6. The lowest BCUT2D eigenvalue weighted by molar-refractivity contribution is -0.183. The molecule has 1 N–H and O–H groups in total. The van der Waals surface area contributed by atoms with Gasteiger partial charge in [-0.1, -0.05) is 23.9 Å². The Bertz CT molecular complexity index is 737. The van der Waals surface area contributed by atoms with E-state index >= 15 is 0 Å². The average Bonchev–Trinajstić information content (AvgIpc) is 2.61. The van der Waals surface area contributed by atoms with Gasteiger partial charge in [0.15, 0.2) is 11.4 Å². The molecule has 0 amide bonds. The van der Waals surface area contributed by atoms with Crippen LogP contribution in [0.25, 0.3) is 0 Å². The van der Waals surface area contributed by atoms with Gasteiger partial charge in [0.25, 0.3) is 0 Å². The number of aromatic nitrogens is 2. The Balaban J connectivity index is 1.89. The van der Waals surface area contributed by atoms with Gasteiger partial charge in [-0.15, -0.1) is 0 Å². The first-order valence-electron chi connectivity index (χ1n) is 7.56. The van der Waals surface area contributed by atoms with E-state index in [1.54, 1.807) is 30.5 Å². The summed E-state index contributed by atoms with van der Waals surface area (Å²) in [4.78, 5) is 7.66. The maximum Gasteiger partial charge on any atom is 0.421 e. The zero-order valence-corrected chi connectivity index (χ0v) is 14.2. The topological polar surface area (TPSA) is 56.3 Å². The molecule has 0 spiro atoms. The molecule has 0 atom stereocenters. The van der Waals surface area contributed by atoms with Crippen molar-refractivity contribution in [1.82, 2.24) is 9.97 Å². The maximum absolute atomic E-state index is 13.2. The lowest BCUT2D eigenvalue weighted by atomic mass is 10.1. The van der Waals surface area contributed by atoms with Crippen molar-refractivity contribution in [2.45, 2.75) is 24.0 Å². The Morgan fingerprint density at radius 3 is 2.68 bits per heavy atom. The fourth-order valence-corrected chi connectivity index (χ4v) is 2.69. The quantitative estimate of drug-likeness (QED) is 0.635. The summed E-state index contributed by atoms with van der Waals surface area (Å²) in [5, 5.41) is 2.99. The number of anilines is 2. The van der Waals surface area contributed by atoms with Crippen LogP contribution in [0.2, 0.25) is 0 Å². The molecule has 9 heteroatoms. The van der Waals surface area contributed by atoms with E-state index in [4.69, 9.17) is 9.47 Å². The van der Waals surface area contributed by atoms with Crippen molar-refractivity contribution < 1.29 is 22.6 Å². The molecule has 0 radical (unpaired) electrons. The van der Waals surface area contributed by atoms with Gasteiger partial charge >= 0.3 is 6.18 Å². The minimum atomic E-state index is -4.55. The van der Waals surface area contributed by atoms with Gasteiger partial charge in [-0.2, -0.15) is 13.2 Å². The second-order valence-corrected chi connectivity index (χ2v) is 6.07. The van der Waals surface area contributed by atoms with E-state index in [2.05, 4.69) is 15.3 Å². The van der Waals surface area contributed by atoms with Crippen LogP contribution < -0.4 is 5.32 Å². The summed E-state index contributed by atoms with van der Waals surface area (Å²) in [5.41, 5.74) is 0.282. The normalized spacial score (nSPS) is 16.0. The average molecular weight is 371 g/mol. The van der Waals surface area contributed by atoms with Gasteiger partial charge in [-0.05, 0) is 24.8 Å². The summed E-state index contributed by atoms with van der Waals surface area (Å²) in [6.07, 6.45) is -1.75. The summed E-state index contributed by atoms with van der Waals surface area (Å²) in [6, 6.07) is 6.88. The minimum Gasteiger partial charge on any atom is -0.348 e. The highest BCUT2D eigenvalue weighted by molar-refractivity contribution is 7.98. The third-order valence-electron chi connectivity index (χ3n) is 3.50. The predicted octanol–water partition coefficient (Wildman–Crippen LogP) is 4.40. The molecule has 134 valence electrons. The Morgan fingerprint density at radius 2 is 2.00 bits per heavy atom. The first-order chi connectivity index (χ1) is 12.0. The van der Waals surface area contributed by atoms with Gasteiger partial charge in [0.05, 0.1) is 13.2 Å². The minimum absolute atomic E-state index is 0.255. The molecular weight excluding hydrogens is 355 g/mol. The van der Waals surface area contributed by atoms with Gasteiger partial charge in [-0.3, -0.25) is 0 Å². The van der Waals surface area contributed by atoms with Gasteiger partial charge < -0.3 is 14.8 Å². The number of benzene rings is 1. The fourth-order valence-electron chi connectivity index (χ4n) is 2.35. The molecule has 0 aliphatic carbocycles. The molecule has 0 unspecified atom stereocenters.